The summed E-state index contributed by atoms with van der Waals surface area (Å²) in [5.41, 5.74) is 0. The number of aliphatic carboxylic acids is 1. The summed E-state index contributed by atoms with van der Waals surface area (Å²) in [5.74, 6) is -0.269. The Balaban J connectivity index is 1.88. The van der Waals surface area contributed by atoms with E-state index < -0.39 is 12.0 Å². The normalized spacial score (nSPS) is 27.4. The van der Waals surface area contributed by atoms with E-state index in [0.717, 1.165) is 24.4 Å². The number of aromatic nitrogens is 2. The van der Waals surface area contributed by atoms with Crippen molar-refractivity contribution in [2.75, 3.05) is 5.75 Å². The van der Waals surface area contributed by atoms with E-state index in [4.69, 9.17) is 0 Å². The van der Waals surface area contributed by atoms with Crippen LogP contribution in [0.4, 0.5) is 0 Å². The highest BCUT2D eigenvalue weighted by Crippen LogP contribution is 2.45. The maximum Gasteiger partial charge on any atom is 0.327 e. The summed E-state index contributed by atoms with van der Waals surface area (Å²) in [4.78, 5) is 25.5. The molecule has 1 aromatic heterocycles. The first-order chi connectivity index (χ1) is 8.68. The molecule has 3 rings (SSSR count). The Morgan fingerprint density at radius 1 is 1.44 bits per heavy atom. The van der Waals surface area contributed by atoms with Crippen LogP contribution >= 0.6 is 23.3 Å². The molecule has 1 aliphatic carbocycles. The van der Waals surface area contributed by atoms with Crippen molar-refractivity contribution < 1.29 is 14.7 Å². The number of nitrogens with zero attached hydrogens (tertiary/aromatic N) is 3. The Hall–Kier alpha value is -1.15. The predicted molar refractivity (Wildman–Crippen MR) is 66.5 cm³/mol. The van der Waals surface area contributed by atoms with E-state index in [9.17, 15) is 14.7 Å². The van der Waals surface area contributed by atoms with Crippen molar-refractivity contribution in [3.63, 3.8) is 0 Å². The van der Waals surface area contributed by atoms with Crippen molar-refractivity contribution in [3.05, 3.63) is 11.1 Å². The highest BCUT2D eigenvalue weighted by Gasteiger charge is 2.48. The number of carbonyl (C=O) groups excluding carboxylic acids is 1. The smallest absolute Gasteiger partial charge is 0.327 e. The predicted octanol–water partition coefficient (Wildman–Crippen LogP) is 0.916. The molecule has 6 nitrogen and oxygen atoms in total. The molecule has 1 saturated carbocycles. The van der Waals surface area contributed by atoms with Crippen LogP contribution in [0, 0.1) is 5.92 Å². The number of thioether (sulfide) groups is 1. The van der Waals surface area contributed by atoms with E-state index in [0.29, 0.717) is 16.5 Å². The van der Waals surface area contributed by atoms with Gasteiger partial charge in [0.25, 0.3) is 5.91 Å². The summed E-state index contributed by atoms with van der Waals surface area (Å²) in [6.07, 6.45) is 3.56. The van der Waals surface area contributed by atoms with Gasteiger partial charge in [-0.25, -0.2) is 4.79 Å². The molecule has 2 heterocycles. The van der Waals surface area contributed by atoms with Crippen LogP contribution in [0.2, 0.25) is 0 Å². The van der Waals surface area contributed by atoms with Crippen molar-refractivity contribution in [2.45, 2.75) is 24.3 Å². The average molecular weight is 285 g/mol. The zero-order valence-electron chi connectivity index (χ0n) is 9.35. The molecule has 96 valence electrons. The van der Waals surface area contributed by atoms with Gasteiger partial charge in [0.1, 0.15) is 10.9 Å². The quantitative estimate of drug-likeness (QED) is 0.889. The van der Waals surface area contributed by atoms with E-state index in [1.165, 1.54) is 11.1 Å². The molecule has 0 radical (unpaired) electrons. The van der Waals surface area contributed by atoms with Crippen LogP contribution in [0.15, 0.2) is 6.20 Å². The van der Waals surface area contributed by atoms with Crippen LogP contribution in [0.25, 0.3) is 0 Å². The van der Waals surface area contributed by atoms with Gasteiger partial charge in [0.15, 0.2) is 0 Å². The SMILES string of the molecule is O=C(O)C1CSC(C2CC2)N1C(=O)c1cnns1. The first-order valence-corrected chi connectivity index (χ1v) is 7.45. The molecule has 1 aromatic rings. The van der Waals surface area contributed by atoms with Crippen molar-refractivity contribution >= 4 is 35.2 Å². The summed E-state index contributed by atoms with van der Waals surface area (Å²) in [6.45, 7) is 0. The van der Waals surface area contributed by atoms with E-state index in [2.05, 4.69) is 9.59 Å². The van der Waals surface area contributed by atoms with Crippen LogP contribution < -0.4 is 0 Å². The zero-order valence-corrected chi connectivity index (χ0v) is 11.0. The lowest BCUT2D eigenvalue weighted by Gasteiger charge is -2.26. The minimum Gasteiger partial charge on any atom is -0.480 e. The molecule has 2 unspecified atom stereocenters. The number of carbonyl (C=O) groups is 2. The highest BCUT2D eigenvalue weighted by atomic mass is 32.2. The number of hydrogen-bond acceptors (Lipinski definition) is 6. The molecule has 1 saturated heterocycles. The third kappa shape index (κ3) is 1.99. The fraction of sp³-hybridized carbons (Fsp3) is 0.600. The Bertz CT molecular complexity index is 475. The molecule has 2 atom stereocenters. The second-order valence-corrected chi connectivity index (χ2v) is 6.34. The minimum atomic E-state index is -0.934. The summed E-state index contributed by atoms with van der Waals surface area (Å²) < 4.78 is 3.66. The third-order valence-corrected chi connectivity index (χ3v) is 5.27. The molecule has 0 aromatic carbocycles. The summed E-state index contributed by atoms with van der Waals surface area (Å²) in [7, 11) is 0. The van der Waals surface area contributed by atoms with Gasteiger partial charge in [0.2, 0.25) is 0 Å². The first kappa shape index (κ1) is 11.9. The van der Waals surface area contributed by atoms with Crippen LogP contribution in [0.5, 0.6) is 0 Å². The Labute approximate surface area is 112 Å². The summed E-state index contributed by atoms with van der Waals surface area (Å²) in [5, 5.41) is 12.9. The molecule has 0 bridgehead atoms. The van der Waals surface area contributed by atoms with Gasteiger partial charge in [-0.1, -0.05) is 4.49 Å². The molecular formula is C10H11N3O3S2. The van der Waals surface area contributed by atoms with Crippen LogP contribution in [0.3, 0.4) is 0 Å². The number of carboxylic acids is 1. The molecule has 0 spiro atoms. The molecule has 1 aliphatic heterocycles. The van der Waals surface area contributed by atoms with E-state index in [-0.39, 0.29) is 11.3 Å². The Kier molecular flexibility index (Phi) is 2.98. The van der Waals surface area contributed by atoms with Crippen molar-refractivity contribution in [2.24, 2.45) is 5.92 Å². The van der Waals surface area contributed by atoms with Gasteiger partial charge in [-0.15, -0.1) is 16.9 Å². The second kappa shape index (κ2) is 4.51. The lowest BCUT2D eigenvalue weighted by molar-refractivity contribution is -0.141. The zero-order chi connectivity index (χ0) is 12.7. The number of hydrogen-bond donors (Lipinski definition) is 1. The number of rotatable bonds is 3. The minimum absolute atomic E-state index is 0.000648. The lowest BCUT2D eigenvalue weighted by Crippen LogP contribution is -2.46. The molecular weight excluding hydrogens is 274 g/mol. The molecule has 2 aliphatic rings. The van der Waals surface area contributed by atoms with Crippen LogP contribution in [0.1, 0.15) is 22.5 Å². The van der Waals surface area contributed by atoms with Crippen molar-refractivity contribution in [1.82, 2.24) is 14.5 Å². The monoisotopic (exact) mass is 285 g/mol. The molecule has 1 amide bonds. The van der Waals surface area contributed by atoms with Gasteiger partial charge >= 0.3 is 5.97 Å². The van der Waals surface area contributed by atoms with E-state index in [1.54, 1.807) is 11.8 Å². The summed E-state index contributed by atoms with van der Waals surface area (Å²) in [6, 6.07) is -0.727. The van der Waals surface area contributed by atoms with Gasteiger partial charge in [0, 0.05) is 5.75 Å². The summed E-state index contributed by atoms with van der Waals surface area (Å²) >= 11 is 2.58. The molecule has 18 heavy (non-hydrogen) atoms. The largest absolute Gasteiger partial charge is 0.480 e. The van der Waals surface area contributed by atoms with Gasteiger partial charge < -0.3 is 10.0 Å². The molecule has 2 fully saturated rings. The van der Waals surface area contributed by atoms with Gasteiger partial charge in [-0.2, -0.15) is 0 Å². The number of carboxylic acid groups (broad SMARTS) is 1. The fourth-order valence-corrected chi connectivity index (χ4v) is 4.20. The molecule has 1 N–H and O–H groups in total. The standard InChI is InChI=1S/C10H11N3O3S2/c14-8(7-3-11-12-18-7)13-6(10(15)16)4-17-9(13)5-1-2-5/h3,5-6,9H,1-2,4H2,(H,15,16). The lowest BCUT2D eigenvalue weighted by atomic mass is 10.2. The fourth-order valence-electron chi connectivity index (χ4n) is 2.11. The third-order valence-electron chi connectivity index (χ3n) is 3.15. The highest BCUT2D eigenvalue weighted by molar-refractivity contribution is 8.00. The van der Waals surface area contributed by atoms with Crippen LogP contribution in [-0.2, 0) is 4.79 Å². The maximum atomic E-state index is 12.3. The Morgan fingerprint density at radius 2 is 2.22 bits per heavy atom. The second-order valence-electron chi connectivity index (χ2n) is 4.41. The first-order valence-electron chi connectivity index (χ1n) is 5.63. The van der Waals surface area contributed by atoms with Gasteiger partial charge in [-0.3, -0.25) is 4.79 Å². The van der Waals surface area contributed by atoms with E-state index >= 15 is 0 Å². The van der Waals surface area contributed by atoms with E-state index in [1.807, 2.05) is 0 Å². The van der Waals surface area contributed by atoms with Gasteiger partial charge in [0.05, 0.1) is 11.6 Å². The number of amides is 1. The Morgan fingerprint density at radius 3 is 2.78 bits per heavy atom. The van der Waals surface area contributed by atoms with Crippen molar-refractivity contribution in [3.8, 4) is 0 Å². The van der Waals surface area contributed by atoms with Gasteiger partial charge in [-0.05, 0) is 30.3 Å². The average Bonchev–Trinajstić information content (AvgIpc) is 2.91. The van der Waals surface area contributed by atoms with Crippen LogP contribution in [-0.4, -0.2) is 48.6 Å². The maximum absolute atomic E-state index is 12.3. The molecule has 8 heteroatoms. The topological polar surface area (TPSA) is 83.4 Å². The van der Waals surface area contributed by atoms with Crippen molar-refractivity contribution in [1.29, 1.82) is 0 Å².